The smallest absolute Gasteiger partial charge is 0.274 e. The molecule has 0 radical (unpaired) electrons. The van der Waals surface area contributed by atoms with Gasteiger partial charge in [-0.25, -0.2) is 15.0 Å². The van der Waals surface area contributed by atoms with Crippen molar-refractivity contribution >= 4 is 22.6 Å². The number of carbonyl (C=O) groups excluding carboxylic acids is 1. The third-order valence-electron chi connectivity index (χ3n) is 4.55. The Balaban J connectivity index is 1.51. The van der Waals surface area contributed by atoms with Crippen molar-refractivity contribution in [2.24, 2.45) is 5.73 Å². The first-order valence-corrected chi connectivity index (χ1v) is 8.67. The largest absolute Gasteiger partial charge is 0.505 e. The molecule has 1 aliphatic heterocycles. The van der Waals surface area contributed by atoms with E-state index in [1.165, 1.54) is 12.4 Å². The van der Waals surface area contributed by atoms with Crippen LogP contribution in [-0.2, 0) is 6.54 Å². The highest BCUT2D eigenvalue weighted by molar-refractivity contribution is 6.00. The molecule has 0 aromatic carbocycles. The molecule has 4 N–H and O–H groups in total. The average Bonchev–Trinajstić information content (AvgIpc) is 2.70. The Morgan fingerprint density at radius 2 is 2.11 bits per heavy atom. The molecule has 0 aliphatic carbocycles. The zero-order chi connectivity index (χ0) is 19.7. The molecule has 1 aliphatic rings. The van der Waals surface area contributed by atoms with Gasteiger partial charge in [-0.2, -0.15) is 5.26 Å². The van der Waals surface area contributed by atoms with Gasteiger partial charge in [0.25, 0.3) is 5.91 Å². The molecular formula is C19H17N7O2. The molecule has 0 saturated carbocycles. The monoisotopic (exact) mass is 375 g/mol. The Labute approximate surface area is 160 Å². The lowest BCUT2D eigenvalue weighted by atomic mass is 10.1. The van der Waals surface area contributed by atoms with E-state index in [-0.39, 0.29) is 24.0 Å². The van der Waals surface area contributed by atoms with Gasteiger partial charge >= 0.3 is 0 Å². The minimum absolute atomic E-state index is 0.0744. The van der Waals surface area contributed by atoms with E-state index in [9.17, 15) is 9.90 Å². The number of hydrogen-bond donors (Lipinski definition) is 3. The second-order valence-electron chi connectivity index (χ2n) is 6.57. The van der Waals surface area contributed by atoms with Crippen molar-refractivity contribution in [2.45, 2.75) is 12.6 Å². The van der Waals surface area contributed by atoms with Crippen molar-refractivity contribution in [3.8, 4) is 11.8 Å². The number of nitrogens with zero attached hydrogens (tertiary/aromatic N) is 5. The lowest BCUT2D eigenvalue weighted by molar-refractivity contribution is 0.0943. The van der Waals surface area contributed by atoms with Crippen LogP contribution in [0.15, 0.2) is 36.7 Å². The van der Waals surface area contributed by atoms with Gasteiger partial charge in [0, 0.05) is 37.3 Å². The van der Waals surface area contributed by atoms with Gasteiger partial charge in [0.2, 0.25) is 0 Å². The van der Waals surface area contributed by atoms with Crippen LogP contribution in [0.3, 0.4) is 0 Å². The van der Waals surface area contributed by atoms with Crippen LogP contribution in [0.25, 0.3) is 10.9 Å². The first-order chi connectivity index (χ1) is 13.5. The second-order valence-corrected chi connectivity index (χ2v) is 6.57. The lowest BCUT2D eigenvalue weighted by Gasteiger charge is -2.37. The van der Waals surface area contributed by atoms with Crippen LogP contribution in [0.5, 0.6) is 5.75 Å². The fourth-order valence-corrected chi connectivity index (χ4v) is 2.98. The normalized spacial score (nSPS) is 13.8. The number of rotatable bonds is 4. The van der Waals surface area contributed by atoms with Crippen LogP contribution in [0, 0.1) is 11.3 Å². The number of aromatic hydroxyl groups is 1. The molecule has 0 atom stereocenters. The van der Waals surface area contributed by atoms with E-state index >= 15 is 0 Å². The second kappa shape index (κ2) is 7.09. The summed E-state index contributed by atoms with van der Waals surface area (Å²) in [7, 11) is 0. The van der Waals surface area contributed by atoms with Crippen LogP contribution in [0.2, 0.25) is 0 Å². The van der Waals surface area contributed by atoms with E-state index in [1.807, 2.05) is 11.0 Å². The number of fused-ring (bicyclic) bond motifs is 1. The molecule has 28 heavy (non-hydrogen) atoms. The van der Waals surface area contributed by atoms with E-state index in [4.69, 9.17) is 11.0 Å². The van der Waals surface area contributed by atoms with E-state index in [0.717, 1.165) is 24.5 Å². The number of nitrogens with two attached hydrogens (primary N) is 1. The maximum Gasteiger partial charge on any atom is 0.274 e. The zero-order valence-electron chi connectivity index (χ0n) is 14.8. The molecule has 4 heterocycles. The number of nitrogens with one attached hydrogen (secondary N) is 1. The number of anilines is 1. The van der Waals surface area contributed by atoms with Gasteiger partial charge in [-0.3, -0.25) is 4.79 Å². The highest BCUT2D eigenvalue weighted by Crippen LogP contribution is 2.29. The van der Waals surface area contributed by atoms with Gasteiger partial charge in [0.15, 0.2) is 11.4 Å². The number of nitriles is 1. The molecule has 4 rings (SSSR count). The molecule has 3 aromatic rings. The first-order valence-electron chi connectivity index (χ1n) is 8.67. The molecule has 9 nitrogen and oxygen atoms in total. The summed E-state index contributed by atoms with van der Waals surface area (Å²) in [4.78, 5) is 27.0. The van der Waals surface area contributed by atoms with Crippen molar-refractivity contribution in [1.29, 1.82) is 5.26 Å². The Hall–Kier alpha value is -3.77. The van der Waals surface area contributed by atoms with Gasteiger partial charge in [-0.1, -0.05) is 6.07 Å². The molecular weight excluding hydrogens is 358 g/mol. The summed E-state index contributed by atoms with van der Waals surface area (Å²) in [5.74, 6) is 0.0368. The summed E-state index contributed by atoms with van der Waals surface area (Å²) >= 11 is 0. The predicted octanol–water partition coefficient (Wildman–Crippen LogP) is 0.679. The summed E-state index contributed by atoms with van der Waals surface area (Å²) in [5.41, 5.74) is 7.26. The van der Waals surface area contributed by atoms with Gasteiger partial charge in [0.1, 0.15) is 17.6 Å². The molecule has 0 unspecified atom stereocenters. The molecule has 9 heteroatoms. The SMILES string of the molecule is N#Cc1ccc(CNC(=O)c2ncc3nc(N4CC(N)C4)ccc3c2O)cn1. The molecule has 1 amide bonds. The maximum atomic E-state index is 12.4. The van der Waals surface area contributed by atoms with Crippen LogP contribution in [-0.4, -0.2) is 45.1 Å². The van der Waals surface area contributed by atoms with E-state index in [2.05, 4.69) is 20.3 Å². The third-order valence-corrected chi connectivity index (χ3v) is 4.55. The fourth-order valence-electron chi connectivity index (χ4n) is 2.98. The van der Waals surface area contributed by atoms with Crippen LogP contribution < -0.4 is 16.0 Å². The van der Waals surface area contributed by atoms with Crippen LogP contribution >= 0.6 is 0 Å². The van der Waals surface area contributed by atoms with Crippen molar-refractivity contribution < 1.29 is 9.90 Å². The quantitative estimate of drug-likeness (QED) is 0.604. The Morgan fingerprint density at radius 1 is 1.29 bits per heavy atom. The number of carbonyl (C=O) groups is 1. The minimum atomic E-state index is -0.512. The molecule has 3 aromatic heterocycles. The zero-order valence-corrected chi connectivity index (χ0v) is 14.8. The summed E-state index contributed by atoms with van der Waals surface area (Å²) in [5, 5.41) is 22.4. The standard InChI is InChI=1S/C19H17N7O2/c20-5-13-2-1-11(6-22-13)7-24-19(28)17-18(27)14-3-4-16(25-15(14)8-23-17)26-9-12(21)10-26/h1-4,6,8,12,27H,7,9-10,21H2,(H,24,28). The predicted molar refractivity (Wildman–Crippen MR) is 102 cm³/mol. The highest BCUT2D eigenvalue weighted by Gasteiger charge is 2.25. The van der Waals surface area contributed by atoms with Gasteiger partial charge in [-0.05, 0) is 23.8 Å². The summed E-state index contributed by atoms with van der Waals surface area (Å²) in [6.45, 7) is 1.67. The topological polar surface area (TPSA) is 141 Å². The minimum Gasteiger partial charge on any atom is -0.505 e. The summed E-state index contributed by atoms with van der Waals surface area (Å²) in [6, 6.07) is 8.87. The maximum absolute atomic E-state index is 12.4. The summed E-state index contributed by atoms with van der Waals surface area (Å²) < 4.78 is 0. The van der Waals surface area contributed by atoms with E-state index in [0.29, 0.717) is 16.6 Å². The van der Waals surface area contributed by atoms with Crippen molar-refractivity contribution in [3.05, 3.63) is 53.6 Å². The Kier molecular flexibility index (Phi) is 4.47. The number of pyridine rings is 3. The van der Waals surface area contributed by atoms with E-state index in [1.54, 1.807) is 24.3 Å². The Bertz CT molecular complexity index is 1090. The molecule has 140 valence electrons. The lowest BCUT2D eigenvalue weighted by Crippen LogP contribution is -2.56. The van der Waals surface area contributed by atoms with Crippen molar-refractivity contribution in [2.75, 3.05) is 18.0 Å². The van der Waals surface area contributed by atoms with Crippen LogP contribution in [0.1, 0.15) is 21.7 Å². The third kappa shape index (κ3) is 3.28. The van der Waals surface area contributed by atoms with Crippen molar-refractivity contribution in [1.82, 2.24) is 20.3 Å². The van der Waals surface area contributed by atoms with Gasteiger partial charge in [0.05, 0.1) is 11.7 Å². The molecule has 1 fully saturated rings. The van der Waals surface area contributed by atoms with Crippen molar-refractivity contribution in [3.63, 3.8) is 0 Å². The molecule has 1 saturated heterocycles. The van der Waals surface area contributed by atoms with E-state index < -0.39 is 5.91 Å². The fraction of sp³-hybridized carbons (Fsp3) is 0.211. The number of aromatic nitrogens is 3. The molecule has 0 bridgehead atoms. The number of hydrogen-bond acceptors (Lipinski definition) is 8. The van der Waals surface area contributed by atoms with Gasteiger partial charge < -0.3 is 21.1 Å². The molecule has 0 spiro atoms. The first kappa shape index (κ1) is 17.6. The summed E-state index contributed by atoms with van der Waals surface area (Å²) in [6.07, 6.45) is 2.98. The number of amides is 1. The average molecular weight is 375 g/mol. The van der Waals surface area contributed by atoms with Crippen LogP contribution in [0.4, 0.5) is 5.82 Å². The Morgan fingerprint density at radius 3 is 2.79 bits per heavy atom. The van der Waals surface area contributed by atoms with Gasteiger partial charge in [-0.15, -0.1) is 0 Å². The highest BCUT2D eigenvalue weighted by atomic mass is 16.3.